The topological polar surface area (TPSA) is 166 Å². The summed E-state index contributed by atoms with van der Waals surface area (Å²) in [6, 6.07) is 8.05. The predicted octanol–water partition coefficient (Wildman–Crippen LogP) is 1.65. The molecule has 11 heteroatoms. The zero-order chi connectivity index (χ0) is 31.0. The largest absolute Gasteiger partial charge is 0.455 e. The second-order valence-corrected chi connectivity index (χ2v) is 12.8. The van der Waals surface area contributed by atoms with E-state index in [1.807, 2.05) is 0 Å². The van der Waals surface area contributed by atoms with Gasteiger partial charge in [-0.25, -0.2) is 4.79 Å². The third kappa shape index (κ3) is 4.08. The van der Waals surface area contributed by atoms with Gasteiger partial charge in [-0.3, -0.25) is 14.4 Å². The number of aliphatic hydroxyl groups excluding tert-OH is 2. The summed E-state index contributed by atoms with van der Waals surface area (Å²) in [5.74, 6) is -4.41. The Hall–Kier alpha value is -3.12. The van der Waals surface area contributed by atoms with E-state index < -0.39 is 82.2 Å². The van der Waals surface area contributed by atoms with E-state index in [1.54, 1.807) is 39.0 Å². The first kappa shape index (κ1) is 30.3. The molecule has 0 spiro atoms. The number of Topliss-reactive ketones (excluding diaryl/α,β-unsaturated/α-hetero) is 1. The molecule has 42 heavy (non-hydrogen) atoms. The molecule has 1 aromatic carbocycles. The van der Waals surface area contributed by atoms with Crippen molar-refractivity contribution in [2.24, 2.45) is 16.7 Å². The average molecular weight is 587 g/mol. The van der Waals surface area contributed by atoms with Crippen molar-refractivity contribution in [1.29, 1.82) is 0 Å². The van der Waals surface area contributed by atoms with Crippen molar-refractivity contribution in [2.45, 2.75) is 96.1 Å². The Kier molecular flexibility index (Phi) is 7.20. The molecule has 2 bridgehead atoms. The SMILES string of the molecule is CC(=O)O[C@H]1C(=O)[C@]2(C)C(O)C[C@H]3OC[C@@]3(OC(C)=O)C2[C@H](OC(=O)c2ccccc2)[C@]2(O)C[C@H](O)C(C)=C1C2(C)C. The second-order valence-electron chi connectivity index (χ2n) is 12.8. The van der Waals surface area contributed by atoms with Crippen LogP contribution in [-0.2, 0) is 33.3 Å². The van der Waals surface area contributed by atoms with Gasteiger partial charge >= 0.3 is 17.9 Å². The van der Waals surface area contributed by atoms with Gasteiger partial charge in [-0.05, 0) is 37.1 Å². The number of carbonyl (C=O) groups excluding carboxylic acids is 4. The third-order valence-electron chi connectivity index (χ3n) is 10.2. The van der Waals surface area contributed by atoms with Crippen molar-refractivity contribution in [3.63, 3.8) is 0 Å². The van der Waals surface area contributed by atoms with Crippen LogP contribution in [0.3, 0.4) is 0 Å². The number of benzene rings is 1. The van der Waals surface area contributed by atoms with Crippen LogP contribution in [0.2, 0.25) is 0 Å². The smallest absolute Gasteiger partial charge is 0.338 e. The van der Waals surface area contributed by atoms with Crippen molar-refractivity contribution in [1.82, 2.24) is 0 Å². The highest BCUT2D eigenvalue weighted by Gasteiger charge is 2.78. The summed E-state index contributed by atoms with van der Waals surface area (Å²) in [6.07, 6.45) is -7.27. The summed E-state index contributed by atoms with van der Waals surface area (Å²) in [4.78, 5) is 53.4. The minimum Gasteiger partial charge on any atom is -0.455 e. The maximum absolute atomic E-state index is 14.8. The van der Waals surface area contributed by atoms with Gasteiger partial charge in [-0.15, -0.1) is 0 Å². The molecular formula is C31H38O11. The maximum Gasteiger partial charge on any atom is 0.338 e. The highest BCUT2D eigenvalue weighted by Crippen LogP contribution is 2.64. The summed E-state index contributed by atoms with van der Waals surface area (Å²) in [5, 5.41) is 35.8. The fourth-order valence-corrected chi connectivity index (χ4v) is 7.91. The molecule has 0 radical (unpaired) electrons. The van der Waals surface area contributed by atoms with E-state index >= 15 is 0 Å². The lowest BCUT2D eigenvalue weighted by Gasteiger charge is -2.67. The van der Waals surface area contributed by atoms with E-state index in [9.17, 15) is 34.5 Å². The summed E-state index contributed by atoms with van der Waals surface area (Å²) in [7, 11) is 0. The molecule has 0 amide bonds. The van der Waals surface area contributed by atoms with Crippen LogP contribution in [0.5, 0.6) is 0 Å². The fourth-order valence-electron chi connectivity index (χ4n) is 7.91. The Bertz CT molecular complexity index is 1350. The lowest BCUT2D eigenvalue weighted by molar-refractivity contribution is -0.345. The van der Waals surface area contributed by atoms with E-state index in [0.717, 1.165) is 6.92 Å². The van der Waals surface area contributed by atoms with Crippen LogP contribution in [0.1, 0.15) is 64.7 Å². The molecule has 5 rings (SSSR count). The quantitative estimate of drug-likeness (QED) is 0.267. The fraction of sp³-hybridized carbons (Fsp3) is 0.613. The molecule has 2 unspecified atom stereocenters. The van der Waals surface area contributed by atoms with Gasteiger partial charge in [-0.2, -0.15) is 0 Å². The first-order chi connectivity index (χ1) is 19.5. The van der Waals surface area contributed by atoms with E-state index in [4.69, 9.17) is 18.9 Å². The molecule has 1 aromatic rings. The van der Waals surface area contributed by atoms with Gasteiger partial charge in [0.2, 0.25) is 0 Å². The molecule has 0 aromatic heterocycles. The van der Waals surface area contributed by atoms with Crippen molar-refractivity contribution in [3.8, 4) is 0 Å². The first-order valence-electron chi connectivity index (χ1n) is 14.1. The van der Waals surface area contributed by atoms with Crippen molar-refractivity contribution < 1.29 is 53.4 Å². The summed E-state index contributed by atoms with van der Waals surface area (Å²) < 4.78 is 23.5. The number of hydrogen-bond donors (Lipinski definition) is 3. The molecule has 3 aliphatic carbocycles. The molecule has 1 aliphatic heterocycles. The minimum atomic E-state index is -2.11. The Morgan fingerprint density at radius 3 is 2.19 bits per heavy atom. The minimum absolute atomic E-state index is 0.110. The molecule has 9 atom stereocenters. The first-order valence-corrected chi connectivity index (χ1v) is 14.1. The number of carbonyl (C=O) groups is 4. The Morgan fingerprint density at radius 1 is 1.00 bits per heavy atom. The molecule has 11 nitrogen and oxygen atoms in total. The van der Waals surface area contributed by atoms with Gasteiger partial charge in [0.05, 0.1) is 35.7 Å². The number of hydrogen-bond acceptors (Lipinski definition) is 11. The van der Waals surface area contributed by atoms with E-state index in [-0.39, 0.29) is 30.6 Å². The Labute approximate surface area is 243 Å². The number of ether oxygens (including phenoxy) is 4. The van der Waals surface area contributed by atoms with Crippen LogP contribution >= 0.6 is 0 Å². The zero-order valence-electron chi connectivity index (χ0n) is 24.6. The van der Waals surface area contributed by atoms with Gasteiger partial charge in [0.1, 0.15) is 17.8 Å². The van der Waals surface area contributed by atoms with Crippen molar-refractivity contribution >= 4 is 23.7 Å². The van der Waals surface area contributed by atoms with Gasteiger partial charge < -0.3 is 34.3 Å². The van der Waals surface area contributed by atoms with E-state index in [0.29, 0.717) is 5.57 Å². The number of rotatable bonds is 4. The highest BCUT2D eigenvalue weighted by molar-refractivity contribution is 5.95. The van der Waals surface area contributed by atoms with Crippen LogP contribution in [0, 0.1) is 16.7 Å². The summed E-state index contributed by atoms with van der Waals surface area (Å²) in [5.41, 5.74) is -6.38. The highest BCUT2D eigenvalue weighted by atomic mass is 16.6. The molecule has 3 N–H and O–H groups in total. The van der Waals surface area contributed by atoms with Gasteiger partial charge in [0.25, 0.3) is 0 Å². The zero-order valence-corrected chi connectivity index (χ0v) is 24.6. The van der Waals surface area contributed by atoms with Crippen molar-refractivity contribution in [3.05, 3.63) is 47.0 Å². The molecule has 228 valence electrons. The van der Waals surface area contributed by atoms with Crippen LogP contribution in [0.15, 0.2) is 41.5 Å². The van der Waals surface area contributed by atoms with Crippen LogP contribution in [0.25, 0.3) is 0 Å². The van der Waals surface area contributed by atoms with Crippen LogP contribution in [0.4, 0.5) is 0 Å². The average Bonchev–Trinajstić information content (AvgIpc) is 2.90. The van der Waals surface area contributed by atoms with E-state index in [2.05, 4.69) is 0 Å². The van der Waals surface area contributed by atoms with Gasteiger partial charge in [-0.1, -0.05) is 32.0 Å². The number of fused-ring (bicyclic) bond motifs is 5. The number of aliphatic hydroxyl groups is 3. The van der Waals surface area contributed by atoms with Gasteiger partial charge in [0.15, 0.2) is 17.5 Å². The van der Waals surface area contributed by atoms with Gasteiger partial charge in [0, 0.05) is 32.1 Å². The summed E-state index contributed by atoms with van der Waals surface area (Å²) >= 11 is 0. The molecule has 2 saturated carbocycles. The lowest BCUT2D eigenvalue weighted by atomic mass is 9.44. The third-order valence-corrected chi connectivity index (χ3v) is 10.2. The monoisotopic (exact) mass is 586 g/mol. The van der Waals surface area contributed by atoms with E-state index in [1.165, 1.54) is 26.0 Å². The lowest BCUT2D eigenvalue weighted by Crippen LogP contribution is -2.81. The molecule has 1 saturated heterocycles. The standard InChI is InChI=1S/C31H38O11/c1-15-19(34)13-31(38)26(41-27(37)18-10-8-7-9-11-18)24-29(6,20(35)12-21-30(24,14-39-21)42-17(3)33)25(36)23(40-16(2)32)22(15)28(31,4)5/h7-11,19-21,23-24,26,34-35,38H,12-14H2,1-6H3/t19-,20?,21+,23+,24?,26-,29+,30-,31+/m0/s1. The van der Waals surface area contributed by atoms with Crippen molar-refractivity contribution in [2.75, 3.05) is 6.61 Å². The second kappa shape index (κ2) is 9.97. The molecular weight excluding hydrogens is 548 g/mol. The molecule has 1 heterocycles. The molecule has 4 aliphatic rings. The molecule has 3 fully saturated rings. The Balaban J connectivity index is 1.84. The number of ketones is 1. The summed E-state index contributed by atoms with van der Waals surface area (Å²) in [6.45, 7) is 8.42. The predicted molar refractivity (Wildman–Crippen MR) is 145 cm³/mol. The maximum atomic E-state index is 14.8. The Morgan fingerprint density at radius 2 is 1.64 bits per heavy atom. The normalized spacial score (nSPS) is 40.4. The van der Waals surface area contributed by atoms with Crippen LogP contribution < -0.4 is 0 Å². The number of esters is 3. The van der Waals surface area contributed by atoms with Crippen LogP contribution in [-0.4, -0.2) is 87.3 Å².